The topological polar surface area (TPSA) is 67.3 Å². The highest BCUT2D eigenvalue weighted by molar-refractivity contribution is 5.97. The average Bonchev–Trinajstić information content (AvgIpc) is 3.06. The third-order valence-corrected chi connectivity index (χ3v) is 4.87. The van der Waals surface area contributed by atoms with E-state index in [0.717, 1.165) is 55.1 Å². The molecule has 2 aromatic rings. The second-order valence-electron chi connectivity index (χ2n) is 6.76. The molecule has 1 unspecified atom stereocenters. The van der Waals surface area contributed by atoms with Crippen LogP contribution in [0.3, 0.4) is 0 Å². The molecule has 1 amide bonds. The molecule has 1 aromatic carbocycles. The highest BCUT2D eigenvalue weighted by atomic mass is 16.5. The third-order valence-electron chi connectivity index (χ3n) is 4.87. The molecule has 1 aromatic heterocycles. The van der Waals surface area contributed by atoms with Crippen LogP contribution < -0.4 is 5.32 Å². The van der Waals surface area contributed by atoms with Gasteiger partial charge in [-0.15, -0.1) is 0 Å². The lowest BCUT2D eigenvalue weighted by molar-refractivity contribution is 0.0947. The predicted molar refractivity (Wildman–Crippen MR) is 97.8 cm³/mol. The highest BCUT2D eigenvalue weighted by Crippen LogP contribution is 2.16. The van der Waals surface area contributed by atoms with Gasteiger partial charge in [-0.25, -0.2) is 9.97 Å². The van der Waals surface area contributed by atoms with Gasteiger partial charge < -0.3 is 15.0 Å². The normalized spacial score (nSPS) is 18.0. The van der Waals surface area contributed by atoms with Gasteiger partial charge in [-0.2, -0.15) is 0 Å². The molecule has 0 radical (unpaired) electrons. The number of carbonyl (C=O) groups excluding carboxylic acids is 1. The van der Waals surface area contributed by atoms with E-state index in [0.29, 0.717) is 18.0 Å². The number of rotatable bonds is 6. The highest BCUT2D eigenvalue weighted by Gasteiger charge is 2.22. The van der Waals surface area contributed by atoms with E-state index in [2.05, 4.69) is 20.2 Å². The van der Waals surface area contributed by atoms with Crippen LogP contribution in [0.15, 0.2) is 18.2 Å². The van der Waals surface area contributed by atoms with Crippen LogP contribution in [-0.4, -0.2) is 60.7 Å². The van der Waals surface area contributed by atoms with Gasteiger partial charge in [-0.1, -0.05) is 0 Å². The number of aromatic nitrogens is 2. The van der Waals surface area contributed by atoms with Gasteiger partial charge >= 0.3 is 0 Å². The standard InChI is InChI=1S/C19H26N4O2/c1-13-14(2)22-18-10-16(4-5-17(18)21-13)19(24)20-11-15-6-7-23(12-15)8-9-25-3/h4-5,10,15H,6-9,11-12H2,1-3H3,(H,20,24). The molecule has 0 saturated carbocycles. The Morgan fingerprint density at radius 3 is 2.80 bits per heavy atom. The van der Waals surface area contributed by atoms with Crippen molar-refractivity contribution in [1.82, 2.24) is 20.2 Å². The van der Waals surface area contributed by atoms with Crippen LogP contribution in [0, 0.1) is 19.8 Å². The Bertz CT molecular complexity index is 762. The lowest BCUT2D eigenvalue weighted by Crippen LogP contribution is -2.31. The first kappa shape index (κ1) is 17.8. The van der Waals surface area contributed by atoms with Crippen LogP contribution in [0.25, 0.3) is 11.0 Å². The van der Waals surface area contributed by atoms with Gasteiger partial charge in [-0.05, 0) is 50.9 Å². The zero-order chi connectivity index (χ0) is 17.8. The smallest absolute Gasteiger partial charge is 0.251 e. The number of nitrogens with one attached hydrogen (secondary N) is 1. The molecule has 25 heavy (non-hydrogen) atoms. The van der Waals surface area contributed by atoms with Crippen LogP contribution in [0.2, 0.25) is 0 Å². The van der Waals surface area contributed by atoms with Crippen molar-refractivity contribution in [1.29, 1.82) is 0 Å². The fraction of sp³-hybridized carbons (Fsp3) is 0.526. The molecule has 3 rings (SSSR count). The Kier molecular flexibility index (Phi) is 5.60. The Morgan fingerprint density at radius 1 is 1.28 bits per heavy atom. The van der Waals surface area contributed by atoms with Crippen LogP contribution in [-0.2, 0) is 4.74 Å². The SMILES string of the molecule is COCCN1CCC(CNC(=O)c2ccc3nc(C)c(C)nc3c2)C1. The Hall–Kier alpha value is -2.05. The number of hydrogen-bond acceptors (Lipinski definition) is 5. The first-order valence-corrected chi connectivity index (χ1v) is 8.81. The van der Waals surface area contributed by atoms with Gasteiger partial charge in [0, 0.05) is 32.3 Å². The van der Waals surface area contributed by atoms with Crippen molar-refractivity contribution in [2.24, 2.45) is 5.92 Å². The van der Waals surface area contributed by atoms with Crippen LogP contribution in [0.4, 0.5) is 0 Å². The van der Waals surface area contributed by atoms with Crippen LogP contribution >= 0.6 is 0 Å². The monoisotopic (exact) mass is 342 g/mol. The second kappa shape index (κ2) is 7.89. The molecule has 1 aliphatic heterocycles. The Labute approximate surface area is 148 Å². The molecular formula is C19H26N4O2. The van der Waals surface area contributed by atoms with E-state index >= 15 is 0 Å². The molecule has 0 aliphatic carbocycles. The van der Waals surface area contributed by atoms with Gasteiger partial charge in [0.2, 0.25) is 0 Å². The van der Waals surface area contributed by atoms with Crippen molar-refractivity contribution in [3.05, 3.63) is 35.2 Å². The van der Waals surface area contributed by atoms with E-state index in [1.54, 1.807) is 7.11 Å². The Morgan fingerprint density at radius 2 is 2.04 bits per heavy atom. The van der Waals surface area contributed by atoms with Crippen molar-refractivity contribution in [3.8, 4) is 0 Å². The summed E-state index contributed by atoms with van der Waals surface area (Å²) in [7, 11) is 1.73. The van der Waals surface area contributed by atoms with Crippen LogP contribution in [0.5, 0.6) is 0 Å². The molecule has 6 nitrogen and oxygen atoms in total. The fourth-order valence-corrected chi connectivity index (χ4v) is 3.21. The zero-order valence-electron chi connectivity index (χ0n) is 15.2. The number of methoxy groups -OCH3 is 1. The maximum Gasteiger partial charge on any atom is 0.251 e. The summed E-state index contributed by atoms with van der Waals surface area (Å²) in [5, 5.41) is 3.06. The molecule has 1 atom stereocenters. The summed E-state index contributed by atoms with van der Waals surface area (Å²) in [6, 6.07) is 5.51. The van der Waals surface area contributed by atoms with Crippen molar-refractivity contribution < 1.29 is 9.53 Å². The van der Waals surface area contributed by atoms with Gasteiger partial charge in [0.15, 0.2) is 0 Å². The van der Waals surface area contributed by atoms with E-state index in [4.69, 9.17) is 4.74 Å². The second-order valence-corrected chi connectivity index (χ2v) is 6.76. The van der Waals surface area contributed by atoms with E-state index in [1.165, 1.54) is 0 Å². The van der Waals surface area contributed by atoms with Gasteiger partial charge in [0.05, 0.1) is 29.0 Å². The van der Waals surface area contributed by atoms with E-state index < -0.39 is 0 Å². The molecule has 134 valence electrons. The molecule has 1 N–H and O–H groups in total. The van der Waals surface area contributed by atoms with Crippen molar-refractivity contribution >= 4 is 16.9 Å². The zero-order valence-corrected chi connectivity index (χ0v) is 15.2. The number of amides is 1. The molecule has 0 spiro atoms. The number of likely N-dealkylation sites (tertiary alicyclic amines) is 1. The molecule has 6 heteroatoms. The minimum absolute atomic E-state index is 0.0442. The van der Waals surface area contributed by atoms with Gasteiger partial charge in [0.1, 0.15) is 0 Å². The van der Waals surface area contributed by atoms with E-state index in [1.807, 2.05) is 32.0 Å². The van der Waals surface area contributed by atoms with Gasteiger partial charge in [-0.3, -0.25) is 4.79 Å². The van der Waals surface area contributed by atoms with Crippen molar-refractivity contribution in [2.45, 2.75) is 20.3 Å². The van der Waals surface area contributed by atoms with Crippen molar-refractivity contribution in [2.75, 3.05) is 39.9 Å². The summed E-state index contributed by atoms with van der Waals surface area (Å²) in [6.07, 6.45) is 1.12. The number of benzene rings is 1. The summed E-state index contributed by atoms with van der Waals surface area (Å²) >= 11 is 0. The molecule has 1 aliphatic rings. The minimum Gasteiger partial charge on any atom is -0.383 e. The fourth-order valence-electron chi connectivity index (χ4n) is 3.21. The first-order valence-electron chi connectivity index (χ1n) is 8.81. The number of carbonyl (C=O) groups is 1. The number of nitrogens with zero attached hydrogens (tertiary/aromatic N) is 3. The molecule has 2 heterocycles. The maximum absolute atomic E-state index is 12.5. The van der Waals surface area contributed by atoms with E-state index in [-0.39, 0.29) is 5.91 Å². The largest absolute Gasteiger partial charge is 0.383 e. The van der Waals surface area contributed by atoms with Crippen LogP contribution in [0.1, 0.15) is 28.2 Å². The summed E-state index contributed by atoms with van der Waals surface area (Å²) in [4.78, 5) is 23.9. The number of aryl methyl sites for hydroxylation is 2. The van der Waals surface area contributed by atoms with E-state index in [9.17, 15) is 4.79 Å². The lowest BCUT2D eigenvalue weighted by atomic mass is 10.1. The average molecular weight is 342 g/mol. The summed E-state index contributed by atoms with van der Waals surface area (Å²) in [5.74, 6) is 0.461. The molecule has 1 saturated heterocycles. The quantitative estimate of drug-likeness (QED) is 0.869. The molecule has 0 bridgehead atoms. The van der Waals surface area contributed by atoms with Crippen molar-refractivity contribution in [3.63, 3.8) is 0 Å². The summed E-state index contributed by atoms with van der Waals surface area (Å²) < 4.78 is 5.12. The first-order chi connectivity index (χ1) is 12.1. The predicted octanol–water partition coefficient (Wildman–Crippen LogP) is 1.94. The maximum atomic E-state index is 12.5. The molecule has 1 fully saturated rings. The summed E-state index contributed by atoms with van der Waals surface area (Å²) in [6.45, 7) is 8.40. The number of hydrogen-bond donors (Lipinski definition) is 1. The lowest BCUT2D eigenvalue weighted by Gasteiger charge is -2.15. The minimum atomic E-state index is -0.0442. The Balaban J connectivity index is 1.58. The third kappa shape index (κ3) is 4.32. The summed E-state index contributed by atoms with van der Waals surface area (Å²) in [5.41, 5.74) is 4.04. The van der Waals surface area contributed by atoms with Gasteiger partial charge in [0.25, 0.3) is 5.91 Å². The number of ether oxygens (including phenoxy) is 1. The molecular weight excluding hydrogens is 316 g/mol. The number of fused-ring (bicyclic) bond motifs is 1.